The molecule has 0 aliphatic heterocycles. The van der Waals surface area contributed by atoms with Gasteiger partial charge in [-0.3, -0.25) is 15.3 Å². The van der Waals surface area contributed by atoms with Gasteiger partial charge in [0, 0.05) is 0 Å². The molecule has 0 saturated carbocycles. The van der Waals surface area contributed by atoms with Crippen LogP contribution < -0.4 is 10.5 Å². The molecule has 4 heteroatoms. The molecule has 1 radical (unpaired) electrons. The van der Waals surface area contributed by atoms with Crippen LogP contribution in [0, 0.1) is 0 Å². The van der Waals surface area contributed by atoms with Crippen molar-refractivity contribution in [3.8, 4) is 5.75 Å². The molecule has 0 aromatic heterocycles. The van der Waals surface area contributed by atoms with Crippen LogP contribution in [0.25, 0.3) is 0 Å². The van der Waals surface area contributed by atoms with Gasteiger partial charge in [0.05, 0.1) is 0 Å². The van der Waals surface area contributed by atoms with Crippen molar-refractivity contribution in [1.29, 1.82) is 0 Å². The molecule has 0 aliphatic carbocycles. The third-order valence-electron chi connectivity index (χ3n) is 3.53. The molecule has 0 bridgehead atoms. The summed E-state index contributed by atoms with van der Waals surface area (Å²) in [5.41, 5.74) is 7.94. The second-order valence-corrected chi connectivity index (χ2v) is 5.59. The normalized spacial score (nSPS) is 10.4. The highest BCUT2D eigenvalue weighted by molar-refractivity contribution is 5.93. The van der Waals surface area contributed by atoms with Crippen molar-refractivity contribution >= 4 is 11.9 Å². The van der Waals surface area contributed by atoms with Crippen molar-refractivity contribution in [2.24, 2.45) is 0 Å². The van der Waals surface area contributed by atoms with Gasteiger partial charge in [-0.15, -0.1) is 0 Å². The van der Waals surface area contributed by atoms with Gasteiger partial charge in [-0.2, -0.15) is 0 Å². The first-order valence-electron chi connectivity index (χ1n) is 8.16. The van der Waals surface area contributed by atoms with Crippen LogP contribution in [0.15, 0.2) is 24.3 Å². The number of carbonyl (C=O) groups excluding carboxylic acids is 2. The summed E-state index contributed by atoms with van der Waals surface area (Å²) in [5.74, 6) is -1.19. The van der Waals surface area contributed by atoms with E-state index in [0.717, 1.165) is 6.42 Å². The van der Waals surface area contributed by atoms with Crippen molar-refractivity contribution in [2.75, 3.05) is 0 Å². The number of nitrogens with one attached hydrogen (secondary N) is 1. The third-order valence-corrected chi connectivity index (χ3v) is 3.53. The lowest BCUT2D eigenvalue weighted by Gasteiger charge is -2.05. The smallest absolute Gasteiger partial charge is 0.320 e. The van der Waals surface area contributed by atoms with Crippen LogP contribution in [-0.4, -0.2) is 11.9 Å². The van der Waals surface area contributed by atoms with Gasteiger partial charge in [0.2, 0.25) is 5.91 Å². The molecule has 0 spiro atoms. The highest BCUT2D eigenvalue weighted by Crippen LogP contribution is 2.15. The Morgan fingerprint density at radius 2 is 1.55 bits per heavy atom. The number of benzene rings is 1. The van der Waals surface area contributed by atoms with Crippen LogP contribution in [0.1, 0.15) is 63.9 Å². The number of hydrogen-bond acceptors (Lipinski definition) is 3. The van der Waals surface area contributed by atoms with E-state index >= 15 is 0 Å². The summed E-state index contributed by atoms with van der Waals surface area (Å²) in [6.07, 6.45) is 9.57. The SMILES string of the molecule is CCCCCCCCCc1ccc(OC(=O)CC([NH])=O)cc1. The summed E-state index contributed by atoms with van der Waals surface area (Å²) in [6, 6.07) is 7.37. The molecule has 1 aromatic carbocycles. The fourth-order valence-corrected chi connectivity index (χ4v) is 2.31. The fraction of sp³-hybridized carbons (Fsp3) is 0.556. The topological polar surface area (TPSA) is 67.2 Å². The second-order valence-electron chi connectivity index (χ2n) is 5.59. The minimum absolute atomic E-state index is 0.426. The Morgan fingerprint density at radius 1 is 0.955 bits per heavy atom. The van der Waals surface area contributed by atoms with Crippen LogP contribution in [0.5, 0.6) is 5.75 Å². The minimum atomic E-state index is -0.930. The minimum Gasteiger partial charge on any atom is -0.426 e. The number of carbonyl (C=O) groups is 2. The number of esters is 1. The second kappa shape index (κ2) is 10.8. The molecule has 4 nitrogen and oxygen atoms in total. The highest BCUT2D eigenvalue weighted by Gasteiger charge is 2.08. The molecular weight excluding hydrogens is 278 g/mol. The van der Waals surface area contributed by atoms with Crippen molar-refractivity contribution in [3.63, 3.8) is 0 Å². The molecule has 1 rings (SSSR count). The van der Waals surface area contributed by atoms with Gasteiger partial charge in [0.15, 0.2) is 0 Å². The van der Waals surface area contributed by atoms with Gasteiger partial charge in [0.1, 0.15) is 12.2 Å². The lowest BCUT2D eigenvalue weighted by atomic mass is 10.0. The molecule has 0 fully saturated rings. The Morgan fingerprint density at radius 3 is 2.14 bits per heavy atom. The van der Waals surface area contributed by atoms with E-state index in [4.69, 9.17) is 10.5 Å². The van der Waals surface area contributed by atoms with Crippen molar-refractivity contribution in [2.45, 2.75) is 64.7 Å². The average molecular weight is 304 g/mol. The number of ether oxygens (including phenoxy) is 1. The predicted octanol–water partition coefficient (Wildman–Crippen LogP) is 4.08. The Hall–Kier alpha value is -1.84. The Kier molecular flexibility index (Phi) is 8.96. The molecule has 1 amide bonds. The molecule has 0 atom stereocenters. The van der Waals surface area contributed by atoms with E-state index < -0.39 is 18.3 Å². The van der Waals surface area contributed by atoms with Crippen molar-refractivity contribution < 1.29 is 14.3 Å². The molecule has 0 aliphatic rings. The maximum atomic E-state index is 11.3. The third kappa shape index (κ3) is 8.45. The quantitative estimate of drug-likeness (QED) is 0.268. The predicted molar refractivity (Wildman–Crippen MR) is 86.5 cm³/mol. The van der Waals surface area contributed by atoms with E-state index in [0.29, 0.717) is 5.75 Å². The Bertz CT molecular complexity index is 454. The van der Waals surface area contributed by atoms with E-state index in [1.165, 1.54) is 50.5 Å². The number of rotatable bonds is 11. The first-order valence-corrected chi connectivity index (χ1v) is 8.16. The van der Waals surface area contributed by atoms with Gasteiger partial charge >= 0.3 is 5.97 Å². The van der Waals surface area contributed by atoms with E-state index in [1.54, 1.807) is 12.1 Å². The molecule has 1 aromatic rings. The first-order chi connectivity index (χ1) is 10.6. The maximum Gasteiger partial charge on any atom is 0.320 e. The maximum absolute atomic E-state index is 11.3. The molecule has 0 saturated heterocycles. The fourth-order valence-electron chi connectivity index (χ4n) is 2.31. The van der Waals surface area contributed by atoms with Crippen LogP contribution >= 0.6 is 0 Å². The van der Waals surface area contributed by atoms with Gasteiger partial charge in [-0.25, -0.2) is 0 Å². The molecule has 1 N–H and O–H groups in total. The summed E-state index contributed by atoms with van der Waals surface area (Å²) in [6.45, 7) is 2.23. The van der Waals surface area contributed by atoms with Crippen LogP contribution in [0.4, 0.5) is 0 Å². The van der Waals surface area contributed by atoms with E-state index in [1.807, 2.05) is 12.1 Å². The molecule has 0 heterocycles. The molecule has 22 heavy (non-hydrogen) atoms. The lowest BCUT2D eigenvalue weighted by molar-refractivity contribution is -0.137. The number of unbranched alkanes of at least 4 members (excludes halogenated alkanes) is 6. The van der Waals surface area contributed by atoms with Gasteiger partial charge in [0.25, 0.3) is 0 Å². The van der Waals surface area contributed by atoms with E-state index in [9.17, 15) is 9.59 Å². The zero-order valence-corrected chi connectivity index (χ0v) is 13.4. The summed E-state index contributed by atoms with van der Waals surface area (Å²) < 4.78 is 4.98. The zero-order chi connectivity index (χ0) is 16.2. The zero-order valence-electron chi connectivity index (χ0n) is 13.4. The summed E-state index contributed by atoms with van der Waals surface area (Å²) in [4.78, 5) is 21.8. The van der Waals surface area contributed by atoms with Crippen molar-refractivity contribution in [3.05, 3.63) is 29.8 Å². The van der Waals surface area contributed by atoms with Crippen LogP contribution in [0.2, 0.25) is 0 Å². The number of aryl methyl sites for hydroxylation is 1. The van der Waals surface area contributed by atoms with Crippen LogP contribution in [0.3, 0.4) is 0 Å². The Balaban J connectivity index is 2.21. The lowest BCUT2D eigenvalue weighted by Crippen LogP contribution is -2.14. The number of amides is 1. The van der Waals surface area contributed by atoms with Crippen molar-refractivity contribution in [1.82, 2.24) is 5.73 Å². The average Bonchev–Trinajstić information content (AvgIpc) is 2.47. The molecule has 121 valence electrons. The summed E-state index contributed by atoms with van der Waals surface area (Å²) in [7, 11) is 0. The van der Waals surface area contributed by atoms with E-state index in [-0.39, 0.29) is 0 Å². The highest BCUT2D eigenvalue weighted by atomic mass is 16.5. The summed E-state index contributed by atoms with van der Waals surface area (Å²) >= 11 is 0. The van der Waals surface area contributed by atoms with Gasteiger partial charge in [-0.1, -0.05) is 57.6 Å². The number of hydrogen-bond donors (Lipinski definition) is 0. The first kappa shape index (κ1) is 18.2. The monoisotopic (exact) mass is 304 g/mol. The van der Waals surface area contributed by atoms with Gasteiger partial charge < -0.3 is 4.74 Å². The van der Waals surface area contributed by atoms with Crippen LogP contribution in [-0.2, 0) is 16.0 Å². The Labute approximate surface area is 133 Å². The molecular formula is C18H26NO3. The van der Waals surface area contributed by atoms with Gasteiger partial charge in [-0.05, 0) is 30.5 Å². The largest absolute Gasteiger partial charge is 0.426 e. The van der Waals surface area contributed by atoms with E-state index in [2.05, 4.69) is 6.92 Å². The summed E-state index contributed by atoms with van der Waals surface area (Å²) in [5, 5.41) is 0. The molecule has 0 unspecified atom stereocenters. The standard InChI is InChI=1S/C18H26NO3/c1-2-3-4-5-6-7-8-9-15-10-12-16(13-11-15)22-18(21)14-17(19)20/h10-13,19H,2-9,14H2,1H3.